The second-order valence-electron chi connectivity index (χ2n) is 8.66. The average molecular weight is 315 g/mol. The minimum atomic E-state index is -0.447. The SMILES string of the molecule is CC(C)C(CNCC(C)(C)C(C)C)CNC(=O)OC(C)(C)C. The number of nitrogens with one attached hydrogen (secondary N) is 2. The lowest BCUT2D eigenvalue weighted by atomic mass is 9.81. The summed E-state index contributed by atoms with van der Waals surface area (Å²) in [6.45, 7) is 21.6. The topological polar surface area (TPSA) is 50.4 Å². The van der Waals surface area contributed by atoms with Gasteiger partial charge in [0, 0.05) is 13.1 Å². The van der Waals surface area contributed by atoms with Gasteiger partial charge in [0.1, 0.15) is 5.60 Å². The van der Waals surface area contributed by atoms with Crippen molar-refractivity contribution in [3.05, 3.63) is 0 Å². The summed E-state index contributed by atoms with van der Waals surface area (Å²) < 4.78 is 5.29. The molecule has 1 amide bonds. The molecule has 22 heavy (non-hydrogen) atoms. The Balaban J connectivity index is 4.26. The minimum absolute atomic E-state index is 0.278. The van der Waals surface area contributed by atoms with Gasteiger partial charge in [0.05, 0.1) is 0 Å². The van der Waals surface area contributed by atoms with Gasteiger partial charge in [-0.25, -0.2) is 4.79 Å². The van der Waals surface area contributed by atoms with Crippen LogP contribution < -0.4 is 10.6 Å². The van der Waals surface area contributed by atoms with Gasteiger partial charge in [0.2, 0.25) is 0 Å². The second kappa shape index (κ2) is 8.76. The monoisotopic (exact) mass is 314 g/mol. The van der Waals surface area contributed by atoms with Crippen molar-refractivity contribution in [3.63, 3.8) is 0 Å². The van der Waals surface area contributed by atoms with Crippen molar-refractivity contribution in [1.29, 1.82) is 0 Å². The number of carbonyl (C=O) groups excluding carboxylic acids is 1. The van der Waals surface area contributed by atoms with Crippen LogP contribution in [0.4, 0.5) is 4.79 Å². The number of amides is 1. The number of alkyl carbamates (subject to hydrolysis) is 1. The van der Waals surface area contributed by atoms with Gasteiger partial charge in [0.25, 0.3) is 0 Å². The fraction of sp³-hybridized carbons (Fsp3) is 0.944. The molecule has 0 aliphatic carbocycles. The van der Waals surface area contributed by atoms with E-state index in [1.807, 2.05) is 20.8 Å². The predicted octanol–water partition coefficient (Wildman–Crippen LogP) is 4.06. The fourth-order valence-corrected chi connectivity index (χ4v) is 1.86. The molecule has 1 atom stereocenters. The molecule has 0 aromatic rings. The minimum Gasteiger partial charge on any atom is -0.444 e. The van der Waals surface area contributed by atoms with Crippen LogP contribution in [0.25, 0.3) is 0 Å². The van der Waals surface area contributed by atoms with Gasteiger partial charge >= 0.3 is 6.09 Å². The van der Waals surface area contributed by atoms with Crippen molar-refractivity contribution in [2.75, 3.05) is 19.6 Å². The van der Waals surface area contributed by atoms with Crippen LogP contribution in [0.15, 0.2) is 0 Å². The molecule has 0 fully saturated rings. The Morgan fingerprint density at radius 2 is 1.55 bits per heavy atom. The molecule has 0 aromatic heterocycles. The smallest absolute Gasteiger partial charge is 0.407 e. The lowest BCUT2D eigenvalue weighted by molar-refractivity contribution is 0.0514. The highest BCUT2D eigenvalue weighted by Crippen LogP contribution is 2.24. The van der Waals surface area contributed by atoms with Crippen molar-refractivity contribution in [2.24, 2.45) is 23.2 Å². The van der Waals surface area contributed by atoms with E-state index >= 15 is 0 Å². The predicted molar refractivity (Wildman–Crippen MR) is 94.1 cm³/mol. The van der Waals surface area contributed by atoms with Gasteiger partial charge in [-0.2, -0.15) is 0 Å². The molecule has 0 rings (SSSR count). The summed E-state index contributed by atoms with van der Waals surface area (Å²) in [5.41, 5.74) is -0.170. The van der Waals surface area contributed by atoms with Crippen LogP contribution in [0.1, 0.15) is 62.3 Å². The molecule has 0 saturated heterocycles. The summed E-state index contributed by atoms with van der Waals surface area (Å²) in [4.78, 5) is 11.8. The van der Waals surface area contributed by atoms with Gasteiger partial charge in [-0.3, -0.25) is 0 Å². The quantitative estimate of drug-likeness (QED) is 0.710. The summed E-state index contributed by atoms with van der Waals surface area (Å²) >= 11 is 0. The summed E-state index contributed by atoms with van der Waals surface area (Å²) in [6.07, 6.45) is -0.333. The van der Waals surface area contributed by atoms with Crippen LogP contribution in [0.2, 0.25) is 0 Å². The summed E-state index contributed by atoms with van der Waals surface area (Å²) in [7, 11) is 0. The van der Waals surface area contributed by atoms with E-state index in [9.17, 15) is 4.79 Å². The molecular weight excluding hydrogens is 276 g/mol. The third kappa shape index (κ3) is 9.29. The first-order valence-electron chi connectivity index (χ1n) is 8.52. The number of hydrogen-bond acceptors (Lipinski definition) is 3. The van der Waals surface area contributed by atoms with Crippen LogP contribution in [0.5, 0.6) is 0 Å². The fourth-order valence-electron chi connectivity index (χ4n) is 1.86. The Morgan fingerprint density at radius 1 is 1.00 bits per heavy atom. The second-order valence-corrected chi connectivity index (χ2v) is 8.66. The van der Waals surface area contributed by atoms with E-state index in [1.54, 1.807) is 0 Å². The van der Waals surface area contributed by atoms with E-state index in [2.05, 4.69) is 52.2 Å². The zero-order chi connectivity index (χ0) is 17.6. The van der Waals surface area contributed by atoms with Crippen molar-refractivity contribution in [3.8, 4) is 0 Å². The molecule has 0 heterocycles. The third-order valence-corrected chi connectivity index (χ3v) is 4.40. The normalized spacial score (nSPS) is 14.3. The van der Waals surface area contributed by atoms with Crippen molar-refractivity contribution >= 4 is 6.09 Å². The molecule has 0 aromatic carbocycles. The van der Waals surface area contributed by atoms with Crippen LogP contribution >= 0.6 is 0 Å². The van der Waals surface area contributed by atoms with Crippen molar-refractivity contribution in [1.82, 2.24) is 10.6 Å². The molecule has 0 spiro atoms. The van der Waals surface area contributed by atoms with Gasteiger partial charge in [-0.05, 0) is 50.5 Å². The van der Waals surface area contributed by atoms with Crippen LogP contribution in [0.3, 0.4) is 0 Å². The zero-order valence-corrected chi connectivity index (χ0v) is 16.2. The molecule has 0 radical (unpaired) electrons. The Bertz CT molecular complexity index is 330. The number of rotatable bonds is 8. The van der Waals surface area contributed by atoms with Gasteiger partial charge in [-0.15, -0.1) is 0 Å². The Kier molecular flexibility index (Phi) is 8.45. The van der Waals surface area contributed by atoms with E-state index in [0.29, 0.717) is 24.3 Å². The molecular formula is C18H38N2O2. The Labute approximate surface area is 137 Å². The summed E-state index contributed by atoms with van der Waals surface area (Å²) in [5, 5.41) is 6.46. The van der Waals surface area contributed by atoms with E-state index in [-0.39, 0.29) is 11.5 Å². The molecule has 4 heteroatoms. The van der Waals surface area contributed by atoms with Crippen molar-refractivity contribution in [2.45, 2.75) is 67.9 Å². The molecule has 2 N–H and O–H groups in total. The molecule has 0 bridgehead atoms. The Morgan fingerprint density at radius 3 is 1.95 bits per heavy atom. The Hall–Kier alpha value is -0.770. The number of ether oxygens (including phenoxy) is 1. The first-order chi connectivity index (χ1) is 9.85. The molecule has 0 aliphatic heterocycles. The summed E-state index contributed by atoms with van der Waals surface area (Å²) in [5.74, 6) is 1.54. The van der Waals surface area contributed by atoms with Crippen LogP contribution in [0, 0.1) is 23.2 Å². The molecule has 4 nitrogen and oxygen atoms in total. The van der Waals surface area contributed by atoms with E-state index in [4.69, 9.17) is 4.74 Å². The summed E-state index contributed by atoms with van der Waals surface area (Å²) in [6, 6.07) is 0. The zero-order valence-electron chi connectivity index (χ0n) is 16.2. The highest BCUT2D eigenvalue weighted by molar-refractivity contribution is 5.67. The van der Waals surface area contributed by atoms with Gasteiger partial charge in [0.15, 0.2) is 0 Å². The molecule has 1 unspecified atom stereocenters. The first kappa shape index (κ1) is 21.2. The lowest BCUT2D eigenvalue weighted by Gasteiger charge is -2.31. The first-order valence-corrected chi connectivity index (χ1v) is 8.52. The highest BCUT2D eigenvalue weighted by Gasteiger charge is 2.23. The van der Waals surface area contributed by atoms with Gasteiger partial charge < -0.3 is 15.4 Å². The number of hydrogen-bond donors (Lipinski definition) is 2. The van der Waals surface area contributed by atoms with Crippen molar-refractivity contribution < 1.29 is 9.53 Å². The molecule has 0 aliphatic rings. The van der Waals surface area contributed by atoms with E-state index in [0.717, 1.165) is 13.1 Å². The van der Waals surface area contributed by atoms with Gasteiger partial charge in [-0.1, -0.05) is 41.5 Å². The maximum absolute atomic E-state index is 11.8. The van der Waals surface area contributed by atoms with Crippen LogP contribution in [-0.2, 0) is 4.74 Å². The van der Waals surface area contributed by atoms with Crippen LogP contribution in [-0.4, -0.2) is 31.3 Å². The molecule has 0 saturated carbocycles. The van der Waals surface area contributed by atoms with E-state index in [1.165, 1.54) is 0 Å². The highest BCUT2D eigenvalue weighted by atomic mass is 16.6. The maximum atomic E-state index is 11.8. The van der Waals surface area contributed by atoms with E-state index < -0.39 is 5.60 Å². The maximum Gasteiger partial charge on any atom is 0.407 e. The third-order valence-electron chi connectivity index (χ3n) is 4.40. The average Bonchev–Trinajstić information content (AvgIpc) is 2.30. The number of carbonyl (C=O) groups is 1. The molecule has 132 valence electrons. The lowest BCUT2D eigenvalue weighted by Crippen LogP contribution is -2.42. The standard InChI is InChI=1S/C18H38N2O2/c1-13(2)15(10-19-12-18(8,9)14(3)4)11-20-16(21)22-17(5,6)7/h13-15,19H,10-12H2,1-9H3,(H,20,21). The largest absolute Gasteiger partial charge is 0.444 e.